The molecule has 0 aliphatic rings. The summed E-state index contributed by atoms with van der Waals surface area (Å²) in [7, 11) is 0. The first-order valence-electron chi connectivity index (χ1n) is 8.61. The molecule has 0 radical (unpaired) electrons. The first kappa shape index (κ1) is 18.9. The van der Waals surface area contributed by atoms with Gasteiger partial charge in [-0.15, -0.1) is 21.5 Å². The predicted octanol–water partition coefficient (Wildman–Crippen LogP) is 4.17. The van der Waals surface area contributed by atoms with E-state index < -0.39 is 0 Å². The van der Waals surface area contributed by atoms with Gasteiger partial charge < -0.3 is 10.6 Å². The van der Waals surface area contributed by atoms with Crippen molar-refractivity contribution >= 4 is 55.7 Å². The van der Waals surface area contributed by atoms with E-state index >= 15 is 0 Å². The molecule has 2 N–H and O–H groups in total. The molecule has 2 aromatic heterocycles. The van der Waals surface area contributed by atoms with E-state index in [2.05, 4.69) is 37.9 Å². The van der Waals surface area contributed by atoms with Crippen LogP contribution >= 0.6 is 34.4 Å². The summed E-state index contributed by atoms with van der Waals surface area (Å²) in [6, 6.07) is 18.1. The van der Waals surface area contributed by atoms with Crippen LogP contribution in [0.3, 0.4) is 0 Å². The van der Waals surface area contributed by atoms with Gasteiger partial charge in [0, 0.05) is 6.54 Å². The zero-order valence-electron chi connectivity index (χ0n) is 14.8. The van der Waals surface area contributed by atoms with E-state index in [1.165, 1.54) is 28.7 Å². The maximum atomic E-state index is 12.1. The Morgan fingerprint density at radius 1 is 0.964 bits per heavy atom. The highest BCUT2D eigenvalue weighted by molar-refractivity contribution is 8.01. The zero-order chi connectivity index (χ0) is 19.2. The van der Waals surface area contributed by atoms with Crippen molar-refractivity contribution in [2.45, 2.75) is 17.4 Å². The molecule has 0 aliphatic carbocycles. The van der Waals surface area contributed by atoms with Crippen molar-refractivity contribution in [1.82, 2.24) is 20.5 Å². The predicted molar refractivity (Wildman–Crippen MR) is 116 cm³/mol. The molecule has 142 valence electrons. The number of para-hydroxylation sites is 1. The number of thiazole rings is 1. The van der Waals surface area contributed by atoms with E-state index in [0.29, 0.717) is 18.8 Å². The Bertz CT molecular complexity index is 1030. The lowest BCUT2D eigenvalue weighted by atomic mass is 10.2. The summed E-state index contributed by atoms with van der Waals surface area (Å²) in [5.41, 5.74) is 2.15. The molecule has 9 heteroatoms. The van der Waals surface area contributed by atoms with Gasteiger partial charge in [-0.2, -0.15) is 0 Å². The van der Waals surface area contributed by atoms with Crippen molar-refractivity contribution in [1.29, 1.82) is 0 Å². The molecule has 0 atom stereocenters. The molecule has 0 unspecified atom stereocenters. The number of aromatic nitrogens is 3. The molecule has 1 amide bonds. The highest BCUT2D eigenvalue weighted by Gasteiger charge is 2.09. The van der Waals surface area contributed by atoms with E-state index in [1.54, 1.807) is 11.3 Å². The summed E-state index contributed by atoms with van der Waals surface area (Å²) in [5, 5.41) is 16.1. The van der Waals surface area contributed by atoms with Crippen LogP contribution < -0.4 is 10.6 Å². The molecule has 0 spiro atoms. The molecule has 4 rings (SSSR count). The van der Waals surface area contributed by atoms with Gasteiger partial charge >= 0.3 is 0 Å². The molecule has 2 heterocycles. The summed E-state index contributed by atoms with van der Waals surface area (Å²) < 4.78 is 1.90. The smallest absolute Gasteiger partial charge is 0.230 e. The maximum Gasteiger partial charge on any atom is 0.230 e. The highest BCUT2D eigenvalue weighted by Crippen LogP contribution is 2.26. The number of fused-ring (bicyclic) bond motifs is 1. The number of rotatable bonds is 8. The molecule has 0 bridgehead atoms. The number of carbonyl (C=O) groups excluding carboxylic acids is 1. The fourth-order valence-corrected chi connectivity index (χ4v) is 4.95. The average molecular weight is 428 g/mol. The molecule has 28 heavy (non-hydrogen) atoms. The Labute approximate surface area is 174 Å². The number of hydrogen-bond acceptors (Lipinski definition) is 8. The first-order valence-corrected chi connectivity index (χ1v) is 11.2. The number of benzene rings is 2. The molecular weight excluding hydrogens is 410 g/mol. The molecule has 0 saturated heterocycles. The standard InChI is InChI=1S/C19H17N5OS3/c25-16(20-11-17-22-14-8-4-5-9-15(14)27-17)12-26-19-24-23-18(28-19)21-10-13-6-2-1-3-7-13/h1-9H,10-12H2,(H,20,25)(H,21,23). The van der Waals surface area contributed by atoms with E-state index in [-0.39, 0.29) is 5.91 Å². The van der Waals surface area contributed by atoms with Crippen LogP contribution in [0.4, 0.5) is 5.13 Å². The van der Waals surface area contributed by atoms with E-state index in [9.17, 15) is 4.79 Å². The Kier molecular flexibility index (Phi) is 6.15. The zero-order valence-corrected chi connectivity index (χ0v) is 17.2. The lowest BCUT2D eigenvalue weighted by Gasteiger charge is -2.01. The molecule has 4 aromatic rings. The maximum absolute atomic E-state index is 12.1. The van der Waals surface area contributed by atoms with Crippen LogP contribution in [0.5, 0.6) is 0 Å². The van der Waals surface area contributed by atoms with Gasteiger partial charge in [0.25, 0.3) is 0 Å². The minimum Gasteiger partial charge on any atom is -0.356 e. The fourth-order valence-electron chi connectivity index (χ4n) is 2.46. The van der Waals surface area contributed by atoms with Crippen LogP contribution in [-0.4, -0.2) is 26.8 Å². The second-order valence-corrected chi connectivity index (χ2v) is 9.17. The van der Waals surface area contributed by atoms with Crippen molar-refractivity contribution in [3.05, 3.63) is 65.2 Å². The quantitative estimate of drug-likeness (QED) is 0.411. The number of nitrogens with zero attached hydrogens (tertiary/aromatic N) is 3. The van der Waals surface area contributed by atoms with Crippen molar-refractivity contribution in [3.63, 3.8) is 0 Å². The van der Waals surface area contributed by atoms with Crippen LogP contribution in [0.2, 0.25) is 0 Å². The van der Waals surface area contributed by atoms with E-state index in [0.717, 1.165) is 24.7 Å². The summed E-state index contributed by atoms with van der Waals surface area (Å²) >= 11 is 4.44. The lowest BCUT2D eigenvalue weighted by Crippen LogP contribution is -2.24. The van der Waals surface area contributed by atoms with E-state index in [4.69, 9.17) is 0 Å². The van der Waals surface area contributed by atoms with Crippen molar-refractivity contribution in [2.75, 3.05) is 11.1 Å². The average Bonchev–Trinajstić information content (AvgIpc) is 3.36. The van der Waals surface area contributed by atoms with Gasteiger partial charge in [0.15, 0.2) is 4.34 Å². The third-order valence-corrected chi connectivity index (χ3v) is 6.85. The van der Waals surface area contributed by atoms with Crippen LogP contribution in [-0.2, 0) is 17.9 Å². The van der Waals surface area contributed by atoms with Crippen molar-refractivity contribution < 1.29 is 4.79 Å². The molecule has 0 aliphatic heterocycles. The monoisotopic (exact) mass is 427 g/mol. The summed E-state index contributed by atoms with van der Waals surface area (Å²) in [5.74, 6) is 0.260. The highest BCUT2D eigenvalue weighted by atomic mass is 32.2. The van der Waals surface area contributed by atoms with Crippen LogP contribution in [0.25, 0.3) is 10.2 Å². The molecule has 0 saturated carbocycles. The minimum absolute atomic E-state index is 0.0433. The SMILES string of the molecule is O=C(CSc1nnc(NCc2ccccc2)s1)NCc1nc2ccccc2s1. The Hall–Kier alpha value is -2.49. The van der Waals surface area contributed by atoms with Crippen LogP contribution in [0.15, 0.2) is 58.9 Å². The number of amides is 1. The Balaban J connectivity index is 1.22. The molecule has 6 nitrogen and oxygen atoms in total. The number of anilines is 1. The van der Waals surface area contributed by atoms with Gasteiger partial charge in [-0.1, -0.05) is 65.6 Å². The number of hydrogen-bond donors (Lipinski definition) is 2. The largest absolute Gasteiger partial charge is 0.356 e. The molecule has 0 fully saturated rings. The summed E-state index contributed by atoms with van der Waals surface area (Å²) in [6.07, 6.45) is 0. The second-order valence-electron chi connectivity index (χ2n) is 5.85. The summed E-state index contributed by atoms with van der Waals surface area (Å²) in [6.45, 7) is 1.14. The minimum atomic E-state index is -0.0433. The van der Waals surface area contributed by atoms with Crippen molar-refractivity contribution in [2.24, 2.45) is 0 Å². The third-order valence-electron chi connectivity index (χ3n) is 3.79. The topological polar surface area (TPSA) is 79.8 Å². The summed E-state index contributed by atoms with van der Waals surface area (Å²) in [4.78, 5) is 16.6. The van der Waals surface area contributed by atoms with Crippen LogP contribution in [0.1, 0.15) is 10.6 Å². The van der Waals surface area contributed by atoms with Gasteiger partial charge in [0.1, 0.15) is 5.01 Å². The number of nitrogens with one attached hydrogen (secondary N) is 2. The Morgan fingerprint density at radius 2 is 1.79 bits per heavy atom. The first-order chi connectivity index (χ1) is 13.8. The van der Waals surface area contributed by atoms with Gasteiger partial charge in [-0.05, 0) is 17.7 Å². The van der Waals surface area contributed by atoms with Gasteiger partial charge in [0.2, 0.25) is 11.0 Å². The molecule has 2 aromatic carbocycles. The second kappa shape index (κ2) is 9.13. The normalized spacial score (nSPS) is 10.9. The Morgan fingerprint density at radius 3 is 2.64 bits per heavy atom. The van der Waals surface area contributed by atoms with Crippen LogP contribution in [0, 0.1) is 0 Å². The van der Waals surface area contributed by atoms with Gasteiger partial charge in [0.05, 0.1) is 22.5 Å². The van der Waals surface area contributed by atoms with E-state index in [1.807, 2.05) is 42.5 Å². The van der Waals surface area contributed by atoms with Crippen molar-refractivity contribution in [3.8, 4) is 0 Å². The molecular formula is C19H17N5OS3. The number of thioether (sulfide) groups is 1. The fraction of sp³-hybridized carbons (Fsp3) is 0.158. The lowest BCUT2D eigenvalue weighted by molar-refractivity contribution is -0.118. The van der Waals surface area contributed by atoms with Gasteiger partial charge in [-0.25, -0.2) is 4.98 Å². The van der Waals surface area contributed by atoms with Gasteiger partial charge in [-0.3, -0.25) is 4.79 Å². The third kappa shape index (κ3) is 5.06. The number of carbonyl (C=O) groups is 1.